The van der Waals surface area contributed by atoms with Crippen LogP contribution in [0.15, 0.2) is 55.8 Å². The highest BCUT2D eigenvalue weighted by Gasteiger charge is 2.11. The first-order valence-corrected chi connectivity index (χ1v) is 9.66. The maximum atomic E-state index is 12.1. The Hall–Kier alpha value is -3.14. The van der Waals surface area contributed by atoms with Crippen LogP contribution in [0.2, 0.25) is 0 Å². The minimum Gasteiger partial charge on any atom is -0.416 e. The third-order valence-electron chi connectivity index (χ3n) is 3.91. The van der Waals surface area contributed by atoms with Gasteiger partial charge in [-0.05, 0) is 18.1 Å². The minimum atomic E-state index is -0.495. The molecule has 0 atom stereocenters. The van der Waals surface area contributed by atoms with Gasteiger partial charge in [-0.15, -0.1) is 10.2 Å². The molecule has 0 radical (unpaired) electrons. The van der Waals surface area contributed by atoms with E-state index in [1.54, 1.807) is 0 Å². The fraction of sp³-hybridized carbons (Fsp3) is 0.278. The lowest BCUT2D eigenvalue weighted by Crippen LogP contribution is -2.29. The summed E-state index contributed by atoms with van der Waals surface area (Å²) in [4.78, 5) is 37.0. The summed E-state index contributed by atoms with van der Waals surface area (Å²) in [7, 11) is 0. The number of hydrogen-bond acceptors (Lipinski definition) is 7. The predicted octanol–water partition coefficient (Wildman–Crippen LogP) is 1.46. The SMILES string of the molecule is CCc1ccccc1NC(=O)CSc1nnc(CCn2ccc(=O)[nH]c2=O)o1. The summed E-state index contributed by atoms with van der Waals surface area (Å²) in [5, 5.41) is 11.0. The zero-order valence-corrected chi connectivity index (χ0v) is 16.0. The van der Waals surface area contributed by atoms with Crippen LogP contribution in [-0.4, -0.2) is 31.4 Å². The number of carbonyl (C=O) groups is 1. The van der Waals surface area contributed by atoms with E-state index in [0.717, 1.165) is 29.4 Å². The van der Waals surface area contributed by atoms with Crippen molar-refractivity contribution in [3.05, 3.63) is 68.8 Å². The van der Waals surface area contributed by atoms with Crippen molar-refractivity contribution in [2.75, 3.05) is 11.1 Å². The average Bonchev–Trinajstić information content (AvgIpc) is 3.14. The minimum absolute atomic E-state index is 0.138. The summed E-state index contributed by atoms with van der Waals surface area (Å²) in [6.45, 7) is 2.32. The average molecular weight is 401 g/mol. The van der Waals surface area contributed by atoms with Gasteiger partial charge in [0, 0.05) is 30.9 Å². The molecule has 0 bridgehead atoms. The zero-order chi connectivity index (χ0) is 19.9. The number of thioether (sulfide) groups is 1. The Labute approximate surface area is 164 Å². The molecule has 1 aromatic carbocycles. The molecule has 3 aromatic rings. The number of rotatable bonds is 8. The van der Waals surface area contributed by atoms with E-state index in [9.17, 15) is 14.4 Å². The topological polar surface area (TPSA) is 123 Å². The van der Waals surface area contributed by atoms with Crippen LogP contribution in [0, 0.1) is 0 Å². The van der Waals surface area contributed by atoms with Crippen molar-refractivity contribution < 1.29 is 9.21 Å². The Bertz CT molecular complexity index is 1070. The van der Waals surface area contributed by atoms with E-state index in [2.05, 4.69) is 20.5 Å². The van der Waals surface area contributed by atoms with Crippen LogP contribution in [0.4, 0.5) is 5.69 Å². The molecule has 0 unspecified atom stereocenters. The van der Waals surface area contributed by atoms with E-state index in [1.807, 2.05) is 31.2 Å². The second-order valence-electron chi connectivity index (χ2n) is 5.86. The molecule has 0 saturated heterocycles. The Kier molecular flexibility index (Phi) is 6.43. The van der Waals surface area contributed by atoms with Gasteiger partial charge < -0.3 is 14.3 Å². The highest BCUT2D eigenvalue weighted by atomic mass is 32.2. The number of H-pyrrole nitrogens is 1. The standard InChI is InChI=1S/C18H19N5O4S/c1-2-12-5-3-4-6-13(12)19-15(25)11-28-18-22-21-16(27-18)8-10-23-9-7-14(24)20-17(23)26/h3-7,9H,2,8,10-11H2,1H3,(H,19,25)(H,20,24,26). The highest BCUT2D eigenvalue weighted by molar-refractivity contribution is 7.99. The Balaban J connectivity index is 1.51. The van der Waals surface area contributed by atoms with E-state index in [1.165, 1.54) is 16.8 Å². The molecule has 3 rings (SSSR count). The second kappa shape index (κ2) is 9.18. The fourth-order valence-electron chi connectivity index (χ4n) is 2.50. The fourth-order valence-corrected chi connectivity index (χ4v) is 3.08. The van der Waals surface area contributed by atoms with Gasteiger partial charge in [0.15, 0.2) is 0 Å². The molecule has 2 N–H and O–H groups in total. The number of para-hydroxylation sites is 1. The van der Waals surface area contributed by atoms with Crippen molar-refractivity contribution in [1.29, 1.82) is 0 Å². The van der Waals surface area contributed by atoms with Gasteiger partial charge in [0.1, 0.15) is 0 Å². The Morgan fingerprint density at radius 3 is 2.86 bits per heavy atom. The highest BCUT2D eigenvalue weighted by Crippen LogP contribution is 2.19. The van der Waals surface area contributed by atoms with Crippen LogP contribution < -0.4 is 16.6 Å². The first-order chi connectivity index (χ1) is 13.5. The van der Waals surface area contributed by atoms with Crippen LogP contribution >= 0.6 is 11.8 Å². The van der Waals surface area contributed by atoms with Gasteiger partial charge in [0.05, 0.1) is 5.75 Å². The van der Waals surface area contributed by atoms with Gasteiger partial charge in [0.2, 0.25) is 11.8 Å². The van der Waals surface area contributed by atoms with Crippen LogP contribution in [0.5, 0.6) is 0 Å². The number of aryl methyl sites for hydroxylation is 3. The summed E-state index contributed by atoms with van der Waals surface area (Å²) < 4.78 is 6.83. The lowest BCUT2D eigenvalue weighted by molar-refractivity contribution is -0.113. The van der Waals surface area contributed by atoms with Crippen LogP contribution in [0.3, 0.4) is 0 Å². The van der Waals surface area contributed by atoms with Gasteiger partial charge in [0.25, 0.3) is 10.8 Å². The molecule has 2 heterocycles. The number of aromatic nitrogens is 4. The van der Waals surface area contributed by atoms with E-state index in [-0.39, 0.29) is 23.4 Å². The molecule has 2 aromatic heterocycles. The quantitative estimate of drug-likeness (QED) is 0.548. The summed E-state index contributed by atoms with van der Waals surface area (Å²) in [6.07, 6.45) is 2.57. The third kappa shape index (κ3) is 5.19. The number of amides is 1. The smallest absolute Gasteiger partial charge is 0.328 e. The molecule has 9 nitrogen and oxygen atoms in total. The lowest BCUT2D eigenvalue weighted by Gasteiger charge is -2.08. The Morgan fingerprint density at radius 1 is 1.25 bits per heavy atom. The van der Waals surface area contributed by atoms with Gasteiger partial charge in [-0.1, -0.05) is 36.9 Å². The van der Waals surface area contributed by atoms with Gasteiger partial charge >= 0.3 is 5.69 Å². The molecule has 146 valence electrons. The summed E-state index contributed by atoms with van der Waals surface area (Å²) >= 11 is 1.14. The van der Waals surface area contributed by atoms with E-state index in [4.69, 9.17) is 4.42 Å². The molecule has 0 fully saturated rings. The monoisotopic (exact) mass is 401 g/mol. The summed E-state index contributed by atoms with van der Waals surface area (Å²) in [6, 6.07) is 8.92. The maximum Gasteiger partial charge on any atom is 0.328 e. The van der Waals surface area contributed by atoms with Crippen molar-refractivity contribution in [2.45, 2.75) is 31.5 Å². The molecule has 1 amide bonds. The van der Waals surface area contributed by atoms with Crippen LogP contribution in [0.1, 0.15) is 18.4 Å². The van der Waals surface area contributed by atoms with Gasteiger partial charge in [-0.25, -0.2) is 4.79 Å². The summed E-state index contributed by atoms with van der Waals surface area (Å²) in [5.74, 6) is 0.321. The van der Waals surface area contributed by atoms with Crippen LogP contribution in [0.25, 0.3) is 0 Å². The second-order valence-corrected chi connectivity index (χ2v) is 6.79. The number of benzene rings is 1. The molecule has 0 spiro atoms. The molecule has 0 aliphatic heterocycles. The van der Waals surface area contributed by atoms with Crippen molar-refractivity contribution in [3.8, 4) is 0 Å². The normalized spacial score (nSPS) is 10.8. The van der Waals surface area contributed by atoms with Crippen molar-refractivity contribution in [3.63, 3.8) is 0 Å². The number of nitrogens with zero attached hydrogens (tertiary/aromatic N) is 3. The Morgan fingerprint density at radius 2 is 2.07 bits per heavy atom. The van der Waals surface area contributed by atoms with Crippen molar-refractivity contribution in [1.82, 2.24) is 19.7 Å². The third-order valence-corrected chi connectivity index (χ3v) is 4.73. The first-order valence-electron chi connectivity index (χ1n) is 8.68. The van der Waals surface area contributed by atoms with E-state index in [0.29, 0.717) is 12.3 Å². The summed E-state index contributed by atoms with van der Waals surface area (Å²) in [5.41, 5.74) is 0.926. The van der Waals surface area contributed by atoms with Gasteiger partial charge in [-0.2, -0.15) is 0 Å². The lowest BCUT2D eigenvalue weighted by atomic mass is 10.1. The molecular formula is C18H19N5O4S. The van der Waals surface area contributed by atoms with Gasteiger partial charge in [-0.3, -0.25) is 14.6 Å². The number of carbonyl (C=O) groups excluding carboxylic acids is 1. The number of nitrogens with one attached hydrogen (secondary N) is 2. The molecule has 10 heteroatoms. The zero-order valence-electron chi connectivity index (χ0n) is 15.2. The van der Waals surface area contributed by atoms with Crippen molar-refractivity contribution in [2.24, 2.45) is 0 Å². The largest absolute Gasteiger partial charge is 0.416 e. The van der Waals surface area contributed by atoms with E-state index < -0.39 is 11.2 Å². The number of hydrogen-bond donors (Lipinski definition) is 2. The van der Waals surface area contributed by atoms with Crippen LogP contribution in [-0.2, 0) is 24.2 Å². The maximum absolute atomic E-state index is 12.1. The predicted molar refractivity (Wildman–Crippen MR) is 104 cm³/mol. The molecule has 0 aliphatic rings. The van der Waals surface area contributed by atoms with Crippen molar-refractivity contribution >= 4 is 23.4 Å². The molecule has 0 aliphatic carbocycles. The molecular weight excluding hydrogens is 382 g/mol. The first kappa shape index (κ1) is 19.6. The molecule has 0 saturated carbocycles. The number of aromatic amines is 1. The molecule has 28 heavy (non-hydrogen) atoms. The van der Waals surface area contributed by atoms with E-state index >= 15 is 0 Å². The number of anilines is 1.